The van der Waals surface area contributed by atoms with Crippen molar-refractivity contribution in [3.05, 3.63) is 47.9 Å². The smallest absolute Gasteiger partial charge is 0.258 e. The van der Waals surface area contributed by atoms with Gasteiger partial charge < -0.3 is 29.2 Å². The first-order chi connectivity index (χ1) is 15.7. The Morgan fingerprint density at radius 1 is 1.22 bits per heavy atom. The van der Waals surface area contributed by atoms with Crippen LogP contribution >= 0.6 is 0 Å². The van der Waals surface area contributed by atoms with Crippen molar-refractivity contribution < 1.29 is 28.6 Å². The zero-order valence-electron chi connectivity index (χ0n) is 18.2. The Morgan fingerprint density at radius 2 is 2.03 bits per heavy atom. The van der Waals surface area contributed by atoms with Gasteiger partial charge in [-0.1, -0.05) is 23.4 Å². The van der Waals surface area contributed by atoms with Crippen LogP contribution in [0.4, 0.5) is 0 Å². The Labute approximate surface area is 187 Å². The van der Waals surface area contributed by atoms with Gasteiger partial charge in [0.2, 0.25) is 0 Å². The van der Waals surface area contributed by atoms with Crippen LogP contribution in [0, 0.1) is 0 Å². The Kier molecular flexibility index (Phi) is 8.11. The summed E-state index contributed by atoms with van der Waals surface area (Å²) in [5, 5.41) is 17.3. The number of aliphatic hydroxyl groups is 1. The number of carbonyl (C=O) groups is 1. The molecule has 2 aromatic rings. The number of nitrogens with one attached hydrogen (secondary N) is 1. The number of hydrogen-bond acceptors (Lipinski definition) is 8. The molecule has 174 valence electrons. The van der Waals surface area contributed by atoms with Gasteiger partial charge >= 0.3 is 0 Å². The minimum Gasteiger partial charge on any atom is -0.484 e. The van der Waals surface area contributed by atoms with Crippen LogP contribution in [0.3, 0.4) is 0 Å². The van der Waals surface area contributed by atoms with E-state index in [0.29, 0.717) is 18.6 Å². The fourth-order valence-corrected chi connectivity index (χ4v) is 3.95. The molecule has 1 aromatic carbocycles. The zero-order chi connectivity index (χ0) is 22.2. The minimum atomic E-state index is -0.615. The second kappa shape index (κ2) is 11.4. The summed E-state index contributed by atoms with van der Waals surface area (Å²) >= 11 is 0. The fraction of sp³-hybridized carbons (Fsp3) is 0.565. The van der Waals surface area contributed by atoms with Gasteiger partial charge in [0.25, 0.3) is 5.91 Å². The highest BCUT2D eigenvalue weighted by Crippen LogP contribution is 2.23. The molecule has 2 saturated heterocycles. The summed E-state index contributed by atoms with van der Waals surface area (Å²) in [4.78, 5) is 14.4. The molecule has 2 aliphatic rings. The van der Waals surface area contributed by atoms with Crippen molar-refractivity contribution in [1.82, 2.24) is 15.4 Å². The Bertz CT molecular complexity index is 839. The summed E-state index contributed by atoms with van der Waals surface area (Å²) in [6.07, 6.45) is 0.798. The van der Waals surface area contributed by atoms with Crippen molar-refractivity contribution in [3.63, 3.8) is 0 Å². The molecule has 32 heavy (non-hydrogen) atoms. The van der Waals surface area contributed by atoms with E-state index in [9.17, 15) is 9.90 Å². The van der Waals surface area contributed by atoms with E-state index in [-0.39, 0.29) is 25.2 Å². The van der Waals surface area contributed by atoms with Crippen LogP contribution in [0.2, 0.25) is 0 Å². The van der Waals surface area contributed by atoms with Crippen LogP contribution in [-0.2, 0) is 27.2 Å². The molecule has 9 heteroatoms. The van der Waals surface area contributed by atoms with Crippen LogP contribution in [-0.4, -0.2) is 78.8 Å². The molecule has 1 amide bonds. The van der Waals surface area contributed by atoms with Crippen LogP contribution in [0.15, 0.2) is 40.9 Å². The number of carbonyl (C=O) groups excluding carboxylic acids is 1. The molecule has 2 fully saturated rings. The van der Waals surface area contributed by atoms with Gasteiger partial charge in [-0.25, -0.2) is 0 Å². The lowest BCUT2D eigenvalue weighted by Crippen LogP contribution is -2.47. The predicted octanol–water partition coefficient (Wildman–Crippen LogP) is 1.15. The Morgan fingerprint density at radius 3 is 2.84 bits per heavy atom. The molecular weight excluding hydrogens is 414 g/mol. The maximum atomic E-state index is 12.1. The second-order valence-electron chi connectivity index (χ2n) is 8.22. The van der Waals surface area contributed by atoms with E-state index < -0.39 is 12.2 Å². The molecular formula is C23H31N3O6. The number of aliphatic hydroxyl groups excluding tert-OH is 1. The molecule has 3 unspecified atom stereocenters. The van der Waals surface area contributed by atoms with E-state index in [0.717, 1.165) is 50.7 Å². The third-order valence-corrected chi connectivity index (χ3v) is 5.72. The molecule has 0 radical (unpaired) electrons. The lowest BCUT2D eigenvalue weighted by atomic mass is 9.98. The second-order valence-corrected chi connectivity index (χ2v) is 8.22. The monoisotopic (exact) mass is 445 g/mol. The van der Waals surface area contributed by atoms with Gasteiger partial charge in [0.05, 0.1) is 37.7 Å². The highest BCUT2D eigenvalue weighted by atomic mass is 16.5. The summed E-state index contributed by atoms with van der Waals surface area (Å²) in [5.74, 6) is 1.22. The van der Waals surface area contributed by atoms with E-state index in [2.05, 4.69) is 15.4 Å². The van der Waals surface area contributed by atoms with Crippen LogP contribution in [0.5, 0.6) is 5.75 Å². The number of ether oxygens (including phenoxy) is 3. The molecule has 3 atom stereocenters. The van der Waals surface area contributed by atoms with E-state index in [1.165, 1.54) is 0 Å². The van der Waals surface area contributed by atoms with E-state index in [1.54, 1.807) is 12.1 Å². The molecule has 2 aliphatic heterocycles. The third kappa shape index (κ3) is 6.77. The van der Waals surface area contributed by atoms with E-state index in [1.807, 2.05) is 24.3 Å². The quantitative estimate of drug-likeness (QED) is 0.592. The first kappa shape index (κ1) is 22.7. The molecule has 0 bridgehead atoms. The summed E-state index contributed by atoms with van der Waals surface area (Å²) in [6, 6.07) is 11.1. The van der Waals surface area contributed by atoms with Gasteiger partial charge in [0.1, 0.15) is 11.9 Å². The highest BCUT2D eigenvalue weighted by molar-refractivity contribution is 5.77. The van der Waals surface area contributed by atoms with Crippen LogP contribution in [0.25, 0.3) is 0 Å². The normalized spacial score (nSPS) is 24.2. The molecule has 9 nitrogen and oxygen atoms in total. The molecule has 3 heterocycles. The first-order valence-corrected chi connectivity index (χ1v) is 11.2. The molecule has 0 aliphatic carbocycles. The number of amides is 1. The number of rotatable bonds is 9. The number of benzene rings is 1. The number of aromatic nitrogens is 1. The third-order valence-electron chi connectivity index (χ3n) is 5.72. The topological polar surface area (TPSA) is 106 Å². The summed E-state index contributed by atoms with van der Waals surface area (Å²) < 4.78 is 22.4. The number of morpholine rings is 1. The lowest BCUT2D eigenvalue weighted by molar-refractivity contribution is -0.130. The molecule has 0 saturated carbocycles. The fourth-order valence-electron chi connectivity index (χ4n) is 3.95. The van der Waals surface area contributed by atoms with Crippen molar-refractivity contribution in [2.75, 3.05) is 39.5 Å². The summed E-state index contributed by atoms with van der Waals surface area (Å²) in [7, 11) is 0. The van der Waals surface area contributed by atoms with Gasteiger partial charge in [-0.2, -0.15) is 0 Å². The zero-order valence-corrected chi connectivity index (χ0v) is 18.2. The minimum absolute atomic E-state index is 0.0813. The van der Waals surface area contributed by atoms with Gasteiger partial charge in [-0.05, 0) is 25.0 Å². The van der Waals surface area contributed by atoms with Crippen molar-refractivity contribution >= 4 is 5.91 Å². The van der Waals surface area contributed by atoms with Crippen molar-refractivity contribution in [3.8, 4) is 5.75 Å². The van der Waals surface area contributed by atoms with E-state index in [4.69, 9.17) is 18.7 Å². The summed E-state index contributed by atoms with van der Waals surface area (Å²) in [6.45, 7) is 4.15. The molecule has 1 aromatic heterocycles. The first-order valence-electron chi connectivity index (χ1n) is 11.2. The molecule has 0 spiro atoms. The largest absolute Gasteiger partial charge is 0.484 e. The average Bonchev–Trinajstić information content (AvgIpc) is 3.26. The van der Waals surface area contributed by atoms with Crippen molar-refractivity contribution in [2.24, 2.45) is 0 Å². The lowest BCUT2D eigenvalue weighted by Gasteiger charge is -2.33. The number of nitrogens with zero attached hydrogens (tertiary/aromatic N) is 2. The van der Waals surface area contributed by atoms with Crippen LogP contribution in [0.1, 0.15) is 24.3 Å². The van der Waals surface area contributed by atoms with Crippen LogP contribution < -0.4 is 10.1 Å². The standard InChI is InChI=1S/C23H31N3O6/c27-21-7-6-19(12-17-13-20(32-25-17)15-26-8-10-29-11-9-26)31-22(21)14-24-23(28)16-30-18-4-2-1-3-5-18/h1-5,13,19,21-22,27H,6-12,14-16H2,(H,24,28). The van der Waals surface area contributed by atoms with Gasteiger partial charge in [0.15, 0.2) is 12.4 Å². The van der Waals surface area contributed by atoms with Crippen molar-refractivity contribution in [1.29, 1.82) is 0 Å². The van der Waals surface area contributed by atoms with Gasteiger partial charge in [-0.15, -0.1) is 0 Å². The number of para-hydroxylation sites is 1. The maximum Gasteiger partial charge on any atom is 0.258 e. The SMILES string of the molecule is O=C(COc1ccccc1)NCC1OC(Cc2cc(CN3CCOCC3)on2)CCC1O. The Balaban J connectivity index is 1.20. The predicted molar refractivity (Wildman–Crippen MR) is 115 cm³/mol. The average molecular weight is 446 g/mol. The maximum absolute atomic E-state index is 12.1. The number of hydrogen-bond donors (Lipinski definition) is 2. The molecule has 2 N–H and O–H groups in total. The summed E-state index contributed by atoms with van der Waals surface area (Å²) in [5.41, 5.74) is 0.841. The highest BCUT2D eigenvalue weighted by Gasteiger charge is 2.31. The molecule has 4 rings (SSSR count). The van der Waals surface area contributed by atoms with Gasteiger partial charge in [0, 0.05) is 32.1 Å². The van der Waals surface area contributed by atoms with E-state index >= 15 is 0 Å². The van der Waals surface area contributed by atoms with Gasteiger partial charge in [-0.3, -0.25) is 9.69 Å². The van der Waals surface area contributed by atoms with Crippen molar-refractivity contribution in [2.45, 2.75) is 44.1 Å². The Hall–Kier alpha value is -2.46.